The zero-order valence-electron chi connectivity index (χ0n) is 16.0. The highest BCUT2D eigenvalue weighted by Gasteiger charge is 2.21. The quantitative estimate of drug-likeness (QED) is 0.673. The molecule has 0 radical (unpaired) electrons. The van der Waals surface area contributed by atoms with Crippen LogP contribution in [0.3, 0.4) is 0 Å². The second-order valence-electron chi connectivity index (χ2n) is 6.89. The number of ether oxygens (including phenoxy) is 1. The van der Waals surface area contributed by atoms with Gasteiger partial charge in [-0.1, -0.05) is 30.3 Å². The van der Waals surface area contributed by atoms with Gasteiger partial charge in [0.25, 0.3) is 5.91 Å². The summed E-state index contributed by atoms with van der Waals surface area (Å²) < 4.78 is 7.31. The van der Waals surface area contributed by atoms with Crippen molar-refractivity contribution in [3.05, 3.63) is 72.6 Å². The van der Waals surface area contributed by atoms with E-state index >= 15 is 0 Å². The molecule has 1 aromatic heterocycles. The Labute approximate surface area is 168 Å². The highest BCUT2D eigenvalue weighted by atomic mass is 16.5. The summed E-state index contributed by atoms with van der Waals surface area (Å²) in [5.41, 5.74) is 2.61. The number of benzene rings is 2. The van der Waals surface area contributed by atoms with Crippen LogP contribution in [0.4, 0.5) is 11.4 Å². The van der Waals surface area contributed by atoms with E-state index in [1.807, 2.05) is 42.5 Å². The van der Waals surface area contributed by atoms with Gasteiger partial charge in [-0.25, -0.2) is 0 Å². The van der Waals surface area contributed by atoms with Gasteiger partial charge >= 0.3 is 0 Å². The number of hydrogen-bond acceptors (Lipinski definition) is 4. The number of anilines is 2. The van der Waals surface area contributed by atoms with Gasteiger partial charge in [0.05, 0.1) is 18.4 Å². The summed E-state index contributed by atoms with van der Waals surface area (Å²) in [7, 11) is 0. The van der Waals surface area contributed by atoms with E-state index in [4.69, 9.17) is 4.74 Å². The van der Waals surface area contributed by atoms with Gasteiger partial charge in [-0.15, -0.1) is 0 Å². The van der Waals surface area contributed by atoms with E-state index in [-0.39, 0.29) is 18.4 Å². The molecule has 7 nitrogen and oxygen atoms in total. The number of nitrogens with one attached hydrogen (secondary N) is 1. The van der Waals surface area contributed by atoms with Crippen molar-refractivity contribution in [2.24, 2.45) is 0 Å². The Morgan fingerprint density at radius 3 is 2.62 bits per heavy atom. The highest BCUT2D eigenvalue weighted by Crippen LogP contribution is 2.23. The molecule has 7 heteroatoms. The van der Waals surface area contributed by atoms with E-state index in [9.17, 15) is 9.59 Å². The molecule has 1 aliphatic heterocycles. The first-order valence-electron chi connectivity index (χ1n) is 9.57. The predicted molar refractivity (Wildman–Crippen MR) is 110 cm³/mol. The Morgan fingerprint density at radius 1 is 1.10 bits per heavy atom. The molecule has 2 heterocycles. The SMILES string of the molecule is O=C(COc1ccc(N2CCCC2=O)cc1)Nc1cnn(Cc2ccccc2)c1. The fraction of sp³-hybridized carbons (Fsp3) is 0.227. The number of hydrogen-bond donors (Lipinski definition) is 1. The van der Waals surface area contributed by atoms with E-state index in [1.54, 1.807) is 34.1 Å². The molecule has 148 valence electrons. The van der Waals surface area contributed by atoms with Gasteiger partial charge < -0.3 is 15.0 Å². The molecule has 1 N–H and O–H groups in total. The third-order valence-corrected chi connectivity index (χ3v) is 4.70. The van der Waals surface area contributed by atoms with Crippen molar-refractivity contribution in [3.63, 3.8) is 0 Å². The summed E-state index contributed by atoms with van der Waals surface area (Å²) in [6.07, 6.45) is 4.88. The molecule has 0 bridgehead atoms. The number of amides is 2. The molecule has 2 amide bonds. The van der Waals surface area contributed by atoms with Crippen LogP contribution in [-0.2, 0) is 16.1 Å². The van der Waals surface area contributed by atoms with E-state index < -0.39 is 0 Å². The molecule has 0 spiro atoms. The maximum Gasteiger partial charge on any atom is 0.262 e. The Balaban J connectivity index is 1.26. The second kappa shape index (κ2) is 8.60. The average Bonchev–Trinajstić information content (AvgIpc) is 3.36. The predicted octanol–water partition coefficient (Wildman–Crippen LogP) is 3.08. The van der Waals surface area contributed by atoms with Crippen LogP contribution in [0.25, 0.3) is 0 Å². The lowest BCUT2D eigenvalue weighted by Gasteiger charge is -2.16. The average molecular weight is 390 g/mol. The fourth-order valence-electron chi connectivity index (χ4n) is 3.27. The minimum atomic E-state index is -0.261. The zero-order chi connectivity index (χ0) is 20.1. The monoisotopic (exact) mass is 390 g/mol. The highest BCUT2D eigenvalue weighted by molar-refractivity contribution is 5.95. The number of aromatic nitrogens is 2. The van der Waals surface area contributed by atoms with Crippen LogP contribution in [0.5, 0.6) is 5.75 Å². The normalized spacial score (nSPS) is 13.5. The summed E-state index contributed by atoms with van der Waals surface area (Å²) in [5.74, 6) is 0.462. The Kier molecular flexibility index (Phi) is 5.56. The van der Waals surface area contributed by atoms with E-state index in [0.717, 1.165) is 24.2 Å². The molecule has 4 rings (SSSR count). The van der Waals surface area contributed by atoms with Crippen molar-refractivity contribution < 1.29 is 14.3 Å². The standard InChI is InChI=1S/C22H22N4O3/c27-21(24-18-13-23-25(15-18)14-17-5-2-1-3-6-17)16-29-20-10-8-19(9-11-20)26-12-4-7-22(26)28/h1-3,5-6,8-11,13,15H,4,7,12,14,16H2,(H,24,27). The lowest BCUT2D eigenvalue weighted by atomic mass is 10.2. The Bertz CT molecular complexity index is 983. The number of rotatable bonds is 7. The van der Waals surface area contributed by atoms with Crippen molar-refractivity contribution in [1.29, 1.82) is 0 Å². The van der Waals surface area contributed by atoms with Crippen molar-refractivity contribution >= 4 is 23.2 Å². The molecular weight excluding hydrogens is 368 g/mol. The third-order valence-electron chi connectivity index (χ3n) is 4.70. The van der Waals surface area contributed by atoms with Gasteiger partial charge in [-0.3, -0.25) is 14.3 Å². The summed E-state index contributed by atoms with van der Waals surface area (Å²) in [6, 6.07) is 17.2. The molecule has 0 unspecified atom stereocenters. The molecule has 3 aromatic rings. The molecule has 0 aliphatic carbocycles. The fourth-order valence-corrected chi connectivity index (χ4v) is 3.27. The summed E-state index contributed by atoms with van der Waals surface area (Å²) in [5, 5.41) is 7.05. The van der Waals surface area contributed by atoms with Gasteiger partial charge in [0.15, 0.2) is 6.61 Å². The molecule has 1 saturated heterocycles. The summed E-state index contributed by atoms with van der Waals surface area (Å²) >= 11 is 0. The van der Waals surface area contributed by atoms with Gasteiger partial charge in [0.1, 0.15) is 5.75 Å². The van der Waals surface area contributed by atoms with Gasteiger partial charge in [0.2, 0.25) is 5.91 Å². The first-order valence-corrected chi connectivity index (χ1v) is 9.57. The third kappa shape index (κ3) is 4.82. The molecule has 1 aliphatic rings. The minimum Gasteiger partial charge on any atom is -0.484 e. The maximum absolute atomic E-state index is 12.1. The topological polar surface area (TPSA) is 76.5 Å². The van der Waals surface area contributed by atoms with Crippen LogP contribution >= 0.6 is 0 Å². The summed E-state index contributed by atoms with van der Waals surface area (Å²) in [4.78, 5) is 25.7. The van der Waals surface area contributed by atoms with Gasteiger partial charge in [-0.2, -0.15) is 5.10 Å². The first kappa shape index (κ1) is 18.7. The van der Waals surface area contributed by atoms with Crippen LogP contribution in [0.2, 0.25) is 0 Å². The number of carbonyl (C=O) groups excluding carboxylic acids is 2. The molecule has 1 fully saturated rings. The number of nitrogens with zero attached hydrogens (tertiary/aromatic N) is 3. The largest absolute Gasteiger partial charge is 0.484 e. The first-order chi connectivity index (χ1) is 14.2. The second-order valence-corrected chi connectivity index (χ2v) is 6.89. The Hall–Kier alpha value is -3.61. The van der Waals surface area contributed by atoms with Gasteiger partial charge in [0, 0.05) is 24.8 Å². The lowest BCUT2D eigenvalue weighted by Crippen LogP contribution is -2.23. The van der Waals surface area contributed by atoms with Crippen LogP contribution in [-0.4, -0.2) is 34.7 Å². The minimum absolute atomic E-state index is 0.105. The van der Waals surface area contributed by atoms with Gasteiger partial charge in [-0.05, 0) is 36.2 Å². The zero-order valence-corrected chi connectivity index (χ0v) is 16.0. The number of carbonyl (C=O) groups is 2. The molecule has 0 saturated carbocycles. The van der Waals surface area contributed by atoms with Crippen molar-refractivity contribution in [1.82, 2.24) is 9.78 Å². The Morgan fingerprint density at radius 2 is 1.90 bits per heavy atom. The van der Waals surface area contributed by atoms with Crippen molar-refractivity contribution in [3.8, 4) is 5.75 Å². The maximum atomic E-state index is 12.1. The molecular formula is C22H22N4O3. The van der Waals surface area contributed by atoms with Crippen molar-refractivity contribution in [2.45, 2.75) is 19.4 Å². The smallest absolute Gasteiger partial charge is 0.262 e. The molecule has 29 heavy (non-hydrogen) atoms. The van der Waals surface area contributed by atoms with Crippen LogP contribution in [0.15, 0.2) is 67.0 Å². The van der Waals surface area contributed by atoms with E-state index in [1.165, 1.54) is 0 Å². The lowest BCUT2D eigenvalue weighted by molar-refractivity contribution is -0.118. The van der Waals surface area contributed by atoms with Crippen molar-refractivity contribution in [2.75, 3.05) is 23.4 Å². The molecule has 0 atom stereocenters. The van der Waals surface area contributed by atoms with E-state index in [0.29, 0.717) is 24.4 Å². The summed E-state index contributed by atoms with van der Waals surface area (Å²) in [6.45, 7) is 1.28. The van der Waals surface area contributed by atoms with Crippen LogP contribution in [0, 0.1) is 0 Å². The molecule has 2 aromatic carbocycles. The van der Waals surface area contributed by atoms with Crippen LogP contribution < -0.4 is 15.0 Å². The van der Waals surface area contributed by atoms with Crippen LogP contribution in [0.1, 0.15) is 18.4 Å². The van der Waals surface area contributed by atoms with E-state index in [2.05, 4.69) is 10.4 Å².